The fourth-order valence-electron chi connectivity index (χ4n) is 3.22. The summed E-state index contributed by atoms with van der Waals surface area (Å²) in [6.45, 7) is 20.3. The van der Waals surface area contributed by atoms with Crippen LogP contribution in [-0.4, -0.2) is 63.9 Å². The summed E-state index contributed by atoms with van der Waals surface area (Å²) in [6.07, 6.45) is -0.638. The van der Waals surface area contributed by atoms with Crippen molar-refractivity contribution in [2.75, 3.05) is 13.1 Å². The van der Waals surface area contributed by atoms with E-state index in [-0.39, 0.29) is 12.2 Å². The number of hydrogen-bond acceptors (Lipinski definition) is 6. The van der Waals surface area contributed by atoms with Gasteiger partial charge in [0.1, 0.15) is 11.7 Å². The number of carbonyl (C=O) groups is 1. The van der Waals surface area contributed by atoms with Gasteiger partial charge in [-0.05, 0) is 69.2 Å². The first-order valence-corrected chi connectivity index (χ1v) is 10.6. The van der Waals surface area contributed by atoms with Gasteiger partial charge in [0, 0.05) is 13.6 Å². The Morgan fingerprint density at radius 1 is 1.23 bits per heavy atom. The summed E-state index contributed by atoms with van der Waals surface area (Å²) in [6, 6.07) is 0. The van der Waals surface area contributed by atoms with Crippen molar-refractivity contribution < 1.29 is 23.6 Å². The predicted octanol–water partition coefficient (Wildman–Crippen LogP) is 3.05. The first kappa shape index (κ1) is 24.5. The second kappa shape index (κ2) is 8.42. The molecule has 0 aliphatic carbocycles. The molecule has 170 valence electrons. The average molecular weight is 423 g/mol. The van der Waals surface area contributed by atoms with E-state index >= 15 is 0 Å². The first-order chi connectivity index (χ1) is 13.6. The predicted molar refractivity (Wildman–Crippen MR) is 117 cm³/mol. The van der Waals surface area contributed by atoms with Crippen LogP contribution in [0.5, 0.6) is 5.88 Å². The molecule has 0 unspecified atom stereocenters. The van der Waals surface area contributed by atoms with Crippen molar-refractivity contribution in [3.63, 3.8) is 0 Å². The number of ether oxygens (including phenoxy) is 2. The van der Waals surface area contributed by atoms with E-state index in [4.69, 9.17) is 18.8 Å². The minimum Gasteiger partial charge on any atom is -0.473 e. The summed E-state index contributed by atoms with van der Waals surface area (Å²) in [7, 11) is 1.26. The molecule has 1 aromatic rings. The molecule has 0 aromatic carbocycles. The van der Waals surface area contributed by atoms with Gasteiger partial charge < -0.3 is 23.7 Å². The molecule has 1 aliphatic rings. The lowest BCUT2D eigenvalue weighted by Gasteiger charge is -2.32. The molecule has 9 heteroatoms. The zero-order valence-corrected chi connectivity index (χ0v) is 20.5. The minimum atomic E-state index is -0.570. The zero-order chi connectivity index (χ0) is 23.1. The Labute approximate surface area is 181 Å². The molecule has 0 bridgehead atoms. The lowest BCUT2D eigenvalue weighted by molar-refractivity contribution is 0.00578. The third-order valence-electron chi connectivity index (χ3n) is 5.53. The first-order valence-electron chi connectivity index (χ1n) is 10.6. The number of likely N-dealkylation sites (N-methyl/N-ethyl adjacent to an activating group) is 1. The summed E-state index contributed by atoms with van der Waals surface area (Å²) in [5.41, 5.74) is 0.107. The fraction of sp³-hybridized carbons (Fsp3) is 0.810. The van der Waals surface area contributed by atoms with Gasteiger partial charge in [-0.3, -0.25) is 0 Å². The molecular formula is C21H38BN3O5. The number of rotatable bonds is 6. The van der Waals surface area contributed by atoms with Crippen molar-refractivity contribution in [2.24, 2.45) is 7.05 Å². The number of amides is 1. The van der Waals surface area contributed by atoms with E-state index in [0.717, 1.165) is 11.2 Å². The van der Waals surface area contributed by atoms with E-state index in [1.807, 2.05) is 76.3 Å². The van der Waals surface area contributed by atoms with Crippen LogP contribution in [0.25, 0.3) is 0 Å². The molecule has 2 heterocycles. The maximum atomic E-state index is 12.5. The highest BCUT2D eigenvalue weighted by molar-refractivity contribution is 6.63. The highest BCUT2D eigenvalue weighted by atomic mass is 16.7. The second-order valence-electron chi connectivity index (χ2n) is 9.96. The molecule has 1 fully saturated rings. The van der Waals surface area contributed by atoms with Crippen molar-refractivity contribution in [3.8, 4) is 5.88 Å². The van der Waals surface area contributed by atoms with Crippen molar-refractivity contribution in [3.05, 3.63) is 5.69 Å². The van der Waals surface area contributed by atoms with E-state index in [1.165, 1.54) is 0 Å². The van der Waals surface area contributed by atoms with Crippen molar-refractivity contribution in [1.29, 1.82) is 0 Å². The Morgan fingerprint density at radius 2 is 1.77 bits per heavy atom. The normalized spacial score (nSPS) is 19.0. The summed E-state index contributed by atoms with van der Waals surface area (Å²) in [4.78, 5) is 14.1. The van der Waals surface area contributed by atoms with Crippen LogP contribution in [-0.2, 0) is 21.1 Å². The topological polar surface area (TPSA) is 75.1 Å². The number of nitrogens with zero attached hydrogens (tertiary/aromatic N) is 3. The Kier molecular flexibility index (Phi) is 6.89. The lowest BCUT2D eigenvalue weighted by Crippen LogP contribution is -2.43. The van der Waals surface area contributed by atoms with Gasteiger partial charge in [0.25, 0.3) is 0 Å². The molecule has 2 rings (SSSR count). The number of aromatic nitrogens is 2. The largest absolute Gasteiger partial charge is 0.502 e. The Balaban J connectivity index is 2.18. The van der Waals surface area contributed by atoms with Crippen LogP contribution < -0.4 is 10.2 Å². The van der Waals surface area contributed by atoms with Gasteiger partial charge in [-0.25, -0.2) is 9.48 Å². The van der Waals surface area contributed by atoms with E-state index in [2.05, 4.69) is 5.10 Å². The molecule has 1 saturated heterocycles. The second-order valence-corrected chi connectivity index (χ2v) is 9.96. The van der Waals surface area contributed by atoms with Crippen molar-refractivity contribution >= 4 is 18.7 Å². The minimum absolute atomic E-state index is 0.284. The van der Waals surface area contributed by atoms with E-state index < -0.39 is 23.9 Å². The third-order valence-corrected chi connectivity index (χ3v) is 5.53. The summed E-state index contributed by atoms with van der Waals surface area (Å²) >= 11 is 0. The van der Waals surface area contributed by atoms with E-state index in [1.54, 1.807) is 9.58 Å². The monoisotopic (exact) mass is 423 g/mol. The fourth-order valence-corrected chi connectivity index (χ4v) is 3.22. The summed E-state index contributed by atoms with van der Waals surface area (Å²) < 4.78 is 25.9. The molecule has 0 saturated carbocycles. The van der Waals surface area contributed by atoms with Gasteiger partial charge in [0.05, 0.1) is 28.9 Å². The Morgan fingerprint density at radius 3 is 2.23 bits per heavy atom. The number of hydrogen-bond donors (Lipinski definition) is 0. The number of aryl methyl sites for hydroxylation is 2. The highest BCUT2D eigenvalue weighted by Gasteiger charge is 2.53. The van der Waals surface area contributed by atoms with Gasteiger partial charge in [-0.2, -0.15) is 5.10 Å². The van der Waals surface area contributed by atoms with Crippen LogP contribution in [0.4, 0.5) is 4.79 Å². The zero-order valence-electron chi connectivity index (χ0n) is 20.5. The van der Waals surface area contributed by atoms with Crippen molar-refractivity contribution in [2.45, 2.75) is 92.1 Å². The maximum Gasteiger partial charge on any atom is 0.502 e. The summed E-state index contributed by atoms with van der Waals surface area (Å²) in [5.74, 6) is 0.582. The van der Waals surface area contributed by atoms with Gasteiger partial charge in [0.15, 0.2) is 0 Å². The average Bonchev–Trinajstić information content (AvgIpc) is 2.94. The van der Waals surface area contributed by atoms with Crippen LogP contribution in [0, 0.1) is 6.92 Å². The summed E-state index contributed by atoms with van der Waals surface area (Å²) in [5, 5.41) is 4.51. The molecule has 30 heavy (non-hydrogen) atoms. The highest BCUT2D eigenvalue weighted by Crippen LogP contribution is 2.37. The molecule has 1 aliphatic heterocycles. The maximum absolute atomic E-state index is 12.5. The molecule has 0 N–H and O–H groups in total. The molecule has 1 aromatic heterocycles. The van der Waals surface area contributed by atoms with Gasteiger partial charge in [-0.1, -0.05) is 0 Å². The standard InChI is InChI=1S/C21H38BN3O5/c1-12-25(18(26)28-19(4,5)6)13-14(2)27-17-16(15(3)23-24(17)11)22-29-20(7,8)21(9,10)30-22/h14H,12-13H2,1-11H3/t14-/m0/s1. The van der Waals surface area contributed by atoms with Crippen molar-refractivity contribution in [1.82, 2.24) is 14.7 Å². The molecule has 1 atom stereocenters. The lowest BCUT2D eigenvalue weighted by atomic mass is 9.79. The third kappa shape index (κ3) is 5.30. The van der Waals surface area contributed by atoms with Crippen LogP contribution in [0.3, 0.4) is 0 Å². The molecule has 1 amide bonds. The molecular weight excluding hydrogens is 385 g/mol. The molecule has 0 radical (unpaired) electrons. The van der Waals surface area contributed by atoms with Gasteiger partial charge >= 0.3 is 13.2 Å². The molecule has 8 nitrogen and oxygen atoms in total. The van der Waals surface area contributed by atoms with Crippen LogP contribution in [0.1, 0.15) is 68.0 Å². The van der Waals surface area contributed by atoms with Crippen LogP contribution in [0.2, 0.25) is 0 Å². The SMILES string of the molecule is CCN(C[C@H](C)Oc1c(B2OC(C)(C)C(C)(C)O2)c(C)nn1C)C(=O)OC(C)(C)C. The van der Waals surface area contributed by atoms with E-state index in [0.29, 0.717) is 19.0 Å². The Hall–Kier alpha value is -1.74. The van der Waals surface area contributed by atoms with Crippen LogP contribution in [0.15, 0.2) is 0 Å². The Bertz CT molecular complexity index is 753. The van der Waals surface area contributed by atoms with Gasteiger partial charge in [0.2, 0.25) is 5.88 Å². The molecule has 0 spiro atoms. The van der Waals surface area contributed by atoms with Crippen LogP contribution >= 0.6 is 0 Å². The smallest absolute Gasteiger partial charge is 0.473 e. The number of carbonyl (C=O) groups excluding carboxylic acids is 1. The quantitative estimate of drug-likeness (QED) is 0.655. The van der Waals surface area contributed by atoms with Gasteiger partial charge in [-0.15, -0.1) is 0 Å². The van der Waals surface area contributed by atoms with E-state index in [9.17, 15) is 4.79 Å².